The number of amides is 1. The average Bonchev–Trinajstić information content (AvgIpc) is 3.36. The normalized spacial score (nSPS) is 16.8. The summed E-state index contributed by atoms with van der Waals surface area (Å²) >= 11 is 6.57. The van der Waals surface area contributed by atoms with Gasteiger partial charge in [0.25, 0.3) is 5.56 Å². The number of hydrogen-bond acceptors (Lipinski definition) is 10. The lowest BCUT2D eigenvalue weighted by atomic mass is 9.85. The van der Waals surface area contributed by atoms with Crippen molar-refractivity contribution < 1.29 is 38.1 Å². The van der Waals surface area contributed by atoms with Crippen LogP contribution in [0.2, 0.25) is 13.1 Å². The molecule has 0 aliphatic carbocycles. The van der Waals surface area contributed by atoms with Gasteiger partial charge in [0.2, 0.25) is 5.60 Å². The third-order valence-corrected chi connectivity index (χ3v) is 13.0. The number of alkyl halides is 1. The van der Waals surface area contributed by atoms with Crippen LogP contribution in [0.25, 0.3) is 22.3 Å². The molecule has 14 heteroatoms. The molecule has 0 fully saturated rings. The lowest BCUT2D eigenvalue weighted by Crippen LogP contribution is -2.47. The zero-order valence-corrected chi connectivity index (χ0v) is 30.0. The zero-order valence-electron chi connectivity index (χ0n) is 28.2. The Hall–Kier alpha value is -4.23. The second-order valence-corrected chi connectivity index (χ2v) is 19.0. The molecule has 1 unspecified atom stereocenters. The van der Waals surface area contributed by atoms with Gasteiger partial charge in [-0.3, -0.25) is 14.4 Å². The molecule has 256 valence electrons. The Bertz CT molecular complexity index is 1900. The summed E-state index contributed by atoms with van der Waals surface area (Å²) in [4.78, 5) is 69.3. The molecule has 48 heavy (non-hydrogen) atoms. The van der Waals surface area contributed by atoms with Crippen molar-refractivity contribution >= 4 is 59.8 Å². The smallest absolute Gasteiger partial charge is 0.407 e. The predicted octanol–water partition coefficient (Wildman–Crippen LogP) is 4.55. The average molecular weight is 698 g/mol. The Labute approximate surface area is 284 Å². The quantitative estimate of drug-likeness (QED) is 0.0658. The van der Waals surface area contributed by atoms with Crippen LogP contribution in [-0.4, -0.2) is 59.3 Å². The Morgan fingerprint density at radius 1 is 1.15 bits per heavy atom. The van der Waals surface area contributed by atoms with Crippen molar-refractivity contribution in [3.8, 4) is 17.1 Å². The van der Waals surface area contributed by atoms with E-state index in [4.69, 9.17) is 35.5 Å². The summed E-state index contributed by atoms with van der Waals surface area (Å²) in [6, 6.07) is 6.93. The SMILES string of the molecule is CCC1(OC(=O)CCCNC(=O)OC(C)(C)C)C(=O)OCc2c1cc1n(c2=O)Cc2c-1nc1ccc(OC(C)=O)cc1c2[Si](C)(C)CCl. The van der Waals surface area contributed by atoms with Crippen molar-refractivity contribution in [1.29, 1.82) is 0 Å². The van der Waals surface area contributed by atoms with Gasteiger partial charge >= 0.3 is 24.0 Å². The molecule has 2 aromatic heterocycles. The Morgan fingerprint density at radius 3 is 2.52 bits per heavy atom. The highest BCUT2D eigenvalue weighted by Gasteiger charge is 2.50. The van der Waals surface area contributed by atoms with Gasteiger partial charge in [-0.1, -0.05) is 20.0 Å². The maximum absolute atomic E-state index is 14.1. The Morgan fingerprint density at radius 2 is 1.88 bits per heavy atom. The van der Waals surface area contributed by atoms with E-state index in [0.717, 1.165) is 16.1 Å². The fraction of sp³-hybridized carbons (Fsp3) is 0.471. The number of aromatic nitrogens is 2. The minimum atomic E-state index is -2.34. The predicted molar refractivity (Wildman–Crippen MR) is 181 cm³/mol. The monoisotopic (exact) mass is 697 g/mol. The summed E-state index contributed by atoms with van der Waals surface area (Å²) in [6.07, 6.45) is -0.444. The number of pyridine rings is 2. The standard InChI is InChI=1S/C34H40ClN3O9Si/c1-8-34(46-27(40)10-9-13-36-32(43)47-33(3,4)5)24-15-26-28-22(16-38(26)30(41)23(24)17-44-31(34)42)29(48(6,7)18-35)21-14-20(45-19(2)39)11-12-25(21)37-28/h11-12,14-15H,8-10,13,16-18H2,1-7H3,(H,36,43). The molecule has 2 aliphatic heterocycles. The third-order valence-electron chi connectivity index (χ3n) is 8.41. The number of carbonyl (C=O) groups is 4. The van der Waals surface area contributed by atoms with E-state index in [1.54, 1.807) is 56.5 Å². The van der Waals surface area contributed by atoms with Crippen molar-refractivity contribution in [2.75, 3.05) is 12.0 Å². The van der Waals surface area contributed by atoms with Crippen molar-refractivity contribution in [2.24, 2.45) is 0 Å². The lowest BCUT2D eigenvalue weighted by Gasteiger charge is -2.35. The van der Waals surface area contributed by atoms with E-state index in [2.05, 4.69) is 18.4 Å². The summed E-state index contributed by atoms with van der Waals surface area (Å²) in [5, 5.41) is 4.39. The first-order valence-corrected chi connectivity index (χ1v) is 19.6. The molecular formula is C34H40ClN3O9Si. The van der Waals surface area contributed by atoms with Crippen LogP contribution in [0.4, 0.5) is 4.79 Å². The number of nitrogens with one attached hydrogen (secondary N) is 1. The van der Waals surface area contributed by atoms with Crippen LogP contribution in [0.15, 0.2) is 29.1 Å². The first-order valence-electron chi connectivity index (χ1n) is 15.9. The van der Waals surface area contributed by atoms with Gasteiger partial charge in [0.15, 0.2) is 0 Å². The van der Waals surface area contributed by atoms with E-state index >= 15 is 0 Å². The number of halogens is 1. The van der Waals surface area contributed by atoms with E-state index in [0.29, 0.717) is 28.2 Å². The molecule has 0 radical (unpaired) electrons. The first kappa shape index (κ1) is 35.1. The number of esters is 3. The van der Waals surface area contributed by atoms with Crippen LogP contribution in [-0.2, 0) is 47.3 Å². The maximum atomic E-state index is 14.1. The fourth-order valence-corrected chi connectivity index (χ4v) is 8.75. The molecule has 3 aromatic rings. The van der Waals surface area contributed by atoms with Crippen LogP contribution < -0.4 is 20.8 Å². The van der Waals surface area contributed by atoms with Gasteiger partial charge in [0.05, 0.1) is 37.1 Å². The maximum Gasteiger partial charge on any atom is 0.407 e. The molecule has 12 nitrogen and oxygen atoms in total. The van der Waals surface area contributed by atoms with Crippen LogP contribution >= 0.6 is 11.6 Å². The highest BCUT2D eigenvalue weighted by atomic mass is 35.5. The minimum Gasteiger partial charge on any atom is -0.457 e. The van der Waals surface area contributed by atoms with E-state index < -0.39 is 43.3 Å². The van der Waals surface area contributed by atoms with Crippen LogP contribution in [0, 0.1) is 0 Å². The molecule has 1 N–H and O–H groups in total. The highest BCUT2D eigenvalue weighted by Crippen LogP contribution is 2.41. The van der Waals surface area contributed by atoms with Gasteiger partial charge in [-0.15, -0.1) is 11.6 Å². The van der Waals surface area contributed by atoms with Crippen LogP contribution in [0.5, 0.6) is 5.75 Å². The van der Waals surface area contributed by atoms with Crippen molar-refractivity contribution in [1.82, 2.24) is 14.9 Å². The molecule has 1 atom stereocenters. The number of benzene rings is 1. The molecule has 0 saturated heterocycles. The topological polar surface area (TPSA) is 152 Å². The number of rotatable bonds is 9. The van der Waals surface area contributed by atoms with Crippen LogP contribution in [0.1, 0.15) is 70.6 Å². The molecule has 0 bridgehead atoms. The largest absolute Gasteiger partial charge is 0.457 e. The molecule has 0 saturated carbocycles. The molecule has 5 rings (SSSR count). The van der Waals surface area contributed by atoms with Crippen molar-refractivity contribution in [2.45, 2.75) is 91.3 Å². The van der Waals surface area contributed by atoms with Gasteiger partial charge in [-0.2, -0.15) is 0 Å². The third kappa shape index (κ3) is 6.57. The number of cyclic esters (lactones) is 1. The summed E-state index contributed by atoms with van der Waals surface area (Å²) in [5.41, 5.74) is 0.553. The Kier molecular flexibility index (Phi) is 9.50. The molecule has 1 amide bonds. The van der Waals surface area contributed by atoms with Crippen molar-refractivity contribution in [3.63, 3.8) is 0 Å². The molecule has 1 aromatic carbocycles. The van der Waals surface area contributed by atoms with Gasteiger partial charge in [0.1, 0.15) is 18.0 Å². The number of hydrogen-bond donors (Lipinski definition) is 1. The lowest BCUT2D eigenvalue weighted by molar-refractivity contribution is -0.189. The number of carbonyl (C=O) groups excluding carboxylic acids is 4. The van der Waals surface area contributed by atoms with E-state index in [1.165, 1.54) is 6.92 Å². The second-order valence-electron chi connectivity index (χ2n) is 13.7. The molecular weight excluding hydrogens is 658 g/mol. The van der Waals surface area contributed by atoms with E-state index in [1.807, 2.05) is 0 Å². The van der Waals surface area contributed by atoms with Crippen LogP contribution in [0.3, 0.4) is 0 Å². The van der Waals surface area contributed by atoms with Gasteiger partial charge in [0, 0.05) is 36.3 Å². The number of fused-ring (bicyclic) bond motifs is 5. The fourth-order valence-electron chi connectivity index (χ4n) is 6.27. The summed E-state index contributed by atoms with van der Waals surface area (Å²) in [7, 11) is -2.34. The zero-order chi connectivity index (χ0) is 35.2. The Balaban J connectivity index is 1.54. The number of alkyl carbamates (subject to hydrolysis) is 1. The van der Waals surface area contributed by atoms with Gasteiger partial charge in [-0.05, 0) is 68.6 Å². The second kappa shape index (κ2) is 13.0. The number of nitrogens with zero attached hydrogens (tertiary/aromatic N) is 2. The molecule has 0 spiro atoms. The van der Waals surface area contributed by atoms with Gasteiger partial charge < -0.3 is 28.8 Å². The molecule has 4 heterocycles. The molecule has 2 aliphatic rings. The first-order chi connectivity index (χ1) is 22.5. The highest BCUT2D eigenvalue weighted by molar-refractivity contribution is 6.95. The van der Waals surface area contributed by atoms with E-state index in [9.17, 15) is 24.0 Å². The number of ether oxygens (including phenoxy) is 4. The van der Waals surface area contributed by atoms with Crippen molar-refractivity contribution in [3.05, 3.63) is 51.3 Å². The summed E-state index contributed by atoms with van der Waals surface area (Å²) in [5.74, 6) is -1.51. The summed E-state index contributed by atoms with van der Waals surface area (Å²) < 4.78 is 23.6. The van der Waals surface area contributed by atoms with Gasteiger partial charge in [-0.25, -0.2) is 14.6 Å². The summed E-state index contributed by atoms with van der Waals surface area (Å²) in [6.45, 7) is 12.6. The minimum absolute atomic E-state index is 0.0258. The van der Waals surface area contributed by atoms with E-state index in [-0.39, 0.29) is 55.6 Å².